The van der Waals surface area contributed by atoms with Crippen molar-refractivity contribution in [3.05, 3.63) is 59.9 Å². The molecule has 0 aliphatic heterocycles. The maximum absolute atomic E-state index is 9.27. The van der Waals surface area contributed by atoms with Gasteiger partial charge in [-0.1, -0.05) is 18.2 Å². The highest BCUT2D eigenvalue weighted by Crippen LogP contribution is 2.26. The van der Waals surface area contributed by atoms with Gasteiger partial charge >= 0.3 is 0 Å². The number of benzene rings is 1. The summed E-state index contributed by atoms with van der Waals surface area (Å²) in [6, 6.07) is 14.2. The van der Waals surface area contributed by atoms with Gasteiger partial charge in [-0.05, 0) is 41.8 Å². The minimum absolute atomic E-state index is 0.737. The Labute approximate surface area is 105 Å². The Bertz CT molecular complexity index is 763. The number of fused-ring (bicyclic) bond motifs is 1. The van der Waals surface area contributed by atoms with Crippen LogP contribution in [0.1, 0.15) is 11.1 Å². The van der Waals surface area contributed by atoms with Crippen LogP contribution in [0.2, 0.25) is 0 Å². The van der Waals surface area contributed by atoms with E-state index < -0.39 is 0 Å². The molecule has 2 aromatic heterocycles. The third kappa shape index (κ3) is 1.56. The molecule has 3 rings (SSSR count). The molecule has 3 aromatic rings. The van der Waals surface area contributed by atoms with Crippen molar-refractivity contribution in [2.24, 2.45) is 0 Å². The topological polar surface area (TPSA) is 41.1 Å². The number of hydrogen-bond donors (Lipinski definition) is 0. The average molecular weight is 233 g/mol. The molecule has 0 amide bonds. The van der Waals surface area contributed by atoms with Crippen molar-refractivity contribution in [3.8, 4) is 17.2 Å². The Balaban J connectivity index is 2.26. The number of pyridine rings is 1. The van der Waals surface area contributed by atoms with E-state index in [4.69, 9.17) is 0 Å². The van der Waals surface area contributed by atoms with Crippen molar-refractivity contribution in [2.45, 2.75) is 6.92 Å². The monoisotopic (exact) mass is 233 g/mol. The van der Waals surface area contributed by atoms with E-state index in [1.807, 2.05) is 54.0 Å². The van der Waals surface area contributed by atoms with Crippen LogP contribution in [0.25, 0.3) is 16.6 Å². The van der Waals surface area contributed by atoms with Gasteiger partial charge in [0.1, 0.15) is 6.07 Å². The summed E-state index contributed by atoms with van der Waals surface area (Å²) < 4.78 is 1.81. The van der Waals surface area contributed by atoms with Crippen molar-refractivity contribution >= 4 is 5.52 Å². The van der Waals surface area contributed by atoms with Gasteiger partial charge in [-0.3, -0.25) is 0 Å². The maximum Gasteiger partial charge on any atom is 0.100 e. The van der Waals surface area contributed by atoms with Gasteiger partial charge in [0.15, 0.2) is 0 Å². The molecule has 0 saturated heterocycles. The van der Waals surface area contributed by atoms with E-state index in [9.17, 15) is 5.26 Å². The van der Waals surface area contributed by atoms with E-state index in [2.05, 4.69) is 11.2 Å². The standard InChI is InChI=1S/C15H11N3/c1-11-3-2-4-14(15(11)10-16)12-6-8-18-13(9-12)5-7-17-18/h2-9H,1H3. The molecular weight excluding hydrogens is 222 g/mol. The largest absolute Gasteiger partial charge is 0.241 e. The third-order valence-corrected chi connectivity index (χ3v) is 3.10. The zero-order valence-electron chi connectivity index (χ0n) is 9.96. The molecule has 3 heteroatoms. The van der Waals surface area contributed by atoms with Gasteiger partial charge in [0.2, 0.25) is 0 Å². The highest BCUT2D eigenvalue weighted by atomic mass is 15.2. The molecule has 3 nitrogen and oxygen atoms in total. The first-order chi connectivity index (χ1) is 8.79. The van der Waals surface area contributed by atoms with Crippen LogP contribution in [0.4, 0.5) is 0 Å². The van der Waals surface area contributed by atoms with Crippen LogP contribution in [-0.4, -0.2) is 9.61 Å². The zero-order chi connectivity index (χ0) is 12.5. The second-order valence-corrected chi connectivity index (χ2v) is 4.23. The summed E-state index contributed by atoms with van der Waals surface area (Å²) in [6.07, 6.45) is 3.68. The summed E-state index contributed by atoms with van der Waals surface area (Å²) in [5, 5.41) is 13.4. The van der Waals surface area contributed by atoms with Gasteiger partial charge in [-0.2, -0.15) is 10.4 Å². The minimum Gasteiger partial charge on any atom is -0.241 e. The molecule has 0 spiro atoms. The first-order valence-electron chi connectivity index (χ1n) is 5.73. The number of nitrogens with zero attached hydrogens (tertiary/aromatic N) is 3. The first kappa shape index (κ1) is 10.5. The van der Waals surface area contributed by atoms with Gasteiger partial charge in [0.05, 0.1) is 11.1 Å². The average Bonchev–Trinajstić information content (AvgIpc) is 2.85. The number of rotatable bonds is 1. The van der Waals surface area contributed by atoms with Crippen LogP contribution < -0.4 is 0 Å². The zero-order valence-corrected chi connectivity index (χ0v) is 9.96. The number of aromatic nitrogens is 2. The van der Waals surface area contributed by atoms with Crippen molar-refractivity contribution in [1.29, 1.82) is 5.26 Å². The van der Waals surface area contributed by atoms with Crippen LogP contribution in [-0.2, 0) is 0 Å². The lowest BCUT2D eigenvalue weighted by Gasteiger charge is -2.07. The second-order valence-electron chi connectivity index (χ2n) is 4.23. The number of aryl methyl sites for hydroxylation is 1. The van der Waals surface area contributed by atoms with Crippen LogP contribution in [0.15, 0.2) is 48.8 Å². The van der Waals surface area contributed by atoms with Gasteiger partial charge < -0.3 is 0 Å². The fourth-order valence-electron chi connectivity index (χ4n) is 2.15. The molecule has 0 aliphatic carbocycles. The summed E-state index contributed by atoms with van der Waals surface area (Å²) in [6.45, 7) is 1.96. The Morgan fingerprint density at radius 2 is 2.11 bits per heavy atom. The normalized spacial score (nSPS) is 10.4. The summed E-state index contributed by atoms with van der Waals surface area (Å²) >= 11 is 0. The first-order valence-corrected chi connectivity index (χ1v) is 5.73. The van der Waals surface area contributed by atoms with Crippen LogP contribution in [0, 0.1) is 18.3 Å². The lowest BCUT2D eigenvalue weighted by atomic mass is 9.97. The second kappa shape index (κ2) is 4.01. The molecule has 0 N–H and O–H groups in total. The quantitative estimate of drug-likeness (QED) is 0.647. The van der Waals surface area contributed by atoms with E-state index in [1.165, 1.54) is 0 Å². The molecule has 0 radical (unpaired) electrons. The van der Waals surface area contributed by atoms with Crippen molar-refractivity contribution in [2.75, 3.05) is 0 Å². The van der Waals surface area contributed by atoms with E-state index in [1.54, 1.807) is 6.20 Å². The van der Waals surface area contributed by atoms with Gasteiger partial charge in [-0.15, -0.1) is 0 Å². The number of nitriles is 1. The van der Waals surface area contributed by atoms with Gasteiger partial charge in [0, 0.05) is 12.4 Å². The highest BCUT2D eigenvalue weighted by molar-refractivity contribution is 5.74. The molecule has 0 aliphatic rings. The summed E-state index contributed by atoms with van der Waals surface area (Å²) in [5.74, 6) is 0. The summed E-state index contributed by atoms with van der Waals surface area (Å²) in [5.41, 5.74) is 4.78. The molecule has 0 bridgehead atoms. The molecule has 0 fully saturated rings. The minimum atomic E-state index is 0.737. The smallest absolute Gasteiger partial charge is 0.100 e. The van der Waals surface area contributed by atoms with Gasteiger partial charge in [-0.25, -0.2) is 4.52 Å². The van der Waals surface area contributed by atoms with E-state index in [-0.39, 0.29) is 0 Å². The fourth-order valence-corrected chi connectivity index (χ4v) is 2.15. The predicted molar refractivity (Wildman–Crippen MR) is 70.1 cm³/mol. The number of hydrogen-bond acceptors (Lipinski definition) is 2. The van der Waals surface area contributed by atoms with E-state index in [0.717, 1.165) is 27.8 Å². The predicted octanol–water partition coefficient (Wildman–Crippen LogP) is 3.18. The molecule has 86 valence electrons. The Hall–Kier alpha value is -2.60. The van der Waals surface area contributed by atoms with Crippen molar-refractivity contribution in [3.63, 3.8) is 0 Å². The van der Waals surface area contributed by atoms with E-state index in [0.29, 0.717) is 0 Å². The Morgan fingerprint density at radius 3 is 2.94 bits per heavy atom. The lowest BCUT2D eigenvalue weighted by Crippen LogP contribution is -1.90. The lowest BCUT2D eigenvalue weighted by molar-refractivity contribution is 0.962. The molecular formula is C15H11N3. The van der Waals surface area contributed by atoms with Crippen LogP contribution in [0.3, 0.4) is 0 Å². The molecule has 18 heavy (non-hydrogen) atoms. The van der Waals surface area contributed by atoms with Crippen LogP contribution in [0.5, 0.6) is 0 Å². The highest BCUT2D eigenvalue weighted by Gasteiger charge is 2.07. The maximum atomic E-state index is 9.27. The summed E-state index contributed by atoms with van der Waals surface area (Å²) in [4.78, 5) is 0. The third-order valence-electron chi connectivity index (χ3n) is 3.10. The van der Waals surface area contributed by atoms with Crippen molar-refractivity contribution < 1.29 is 0 Å². The molecule has 0 atom stereocenters. The Kier molecular flexibility index (Phi) is 2.35. The van der Waals surface area contributed by atoms with Crippen molar-refractivity contribution in [1.82, 2.24) is 9.61 Å². The van der Waals surface area contributed by atoms with Gasteiger partial charge in [0.25, 0.3) is 0 Å². The molecule has 1 aromatic carbocycles. The molecule has 2 heterocycles. The molecule has 0 unspecified atom stereocenters. The fraction of sp³-hybridized carbons (Fsp3) is 0.0667. The SMILES string of the molecule is Cc1cccc(-c2ccn3nccc3c2)c1C#N. The summed E-state index contributed by atoms with van der Waals surface area (Å²) in [7, 11) is 0. The Morgan fingerprint density at radius 1 is 1.22 bits per heavy atom. The molecule has 0 saturated carbocycles. The van der Waals surface area contributed by atoms with Crippen LogP contribution >= 0.6 is 0 Å². The van der Waals surface area contributed by atoms with E-state index >= 15 is 0 Å².